The van der Waals surface area contributed by atoms with Crippen LogP contribution < -0.4 is 5.32 Å². The van der Waals surface area contributed by atoms with Crippen LogP contribution in [0.4, 0.5) is 8.78 Å². The normalized spacial score (nSPS) is 22.8. The summed E-state index contributed by atoms with van der Waals surface area (Å²) in [6.07, 6.45) is 1.10. The van der Waals surface area contributed by atoms with Crippen molar-refractivity contribution >= 4 is 0 Å². The van der Waals surface area contributed by atoms with Crippen molar-refractivity contribution in [2.24, 2.45) is 5.41 Å². The first-order valence-electron chi connectivity index (χ1n) is 5.16. The topological polar surface area (TPSA) is 12.0 Å². The first-order chi connectivity index (χ1) is 6.99. The number of nitrogens with one attached hydrogen (secondary N) is 1. The Labute approximate surface area is 88.5 Å². The van der Waals surface area contributed by atoms with E-state index in [0.717, 1.165) is 12.5 Å². The summed E-state index contributed by atoms with van der Waals surface area (Å²) >= 11 is 0. The van der Waals surface area contributed by atoms with E-state index in [1.54, 1.807) is 0 Å². The third-order valence-corrected chi connectivity index (χ3v) is 3.06. The van der Waals surface area contributed by atoms with Crippen LogP contribution in [0.5, 0.6) is 0 Å². The highest BCUT2D eigenvalue weighted by molar-refractivity contribution is 5.19. The van der Waals surface area contributed by atoms with Crippen molar-refractivity contribution in [3.63, 3.8) is 0 Å². The molecule has 1 fully saturated rings. The third-order valence-electron chi connectivity index (χ3n) is 3.06. The van der Waals surface area contributed by atoms with Gasteiger partial charge >= 0.3 is 0 Å². The molecule has 2 rings (SSSR count). The van der Waals surface area contributed by atoms with Gasteiger partial charge in [-0.05, 0) is 30.0 Å². The minimum Gasteiger partial charge on any atom is -0.309 e. The molecule has 1 N–H and O–H groups in total. The second-order valence-corrected chi connectivity index (χ2v) is 4.86. The van der Waals surface area contributed by atoms with Gasteiger partial charge in [-0.2, -0.15) is 0 Å². The van der Waals surface area contributed by atoms with Crippen molar-refractivity contribution in [3.05, 3.63) is 35.4 Å². The summed E-state index contributed by atoms with van der Waals surface area (Å²) in [4.78, 5) is 0. The maximum Gasteiger partial charge on any atom is 0.127 e. The summed E-state index contributed by atoms with van der Waals surface area (Å²) in [7, 11) is 0. The fraction of sp³-hybridized carbons (Fsp3) is 0.500. The summed E-state index contributed by atoms with van der Waals surface area (Å²) in [6, 6.07) is 3.99. The Morgan fingerprint density at radius 1 is 1.40 bits per heavy atom. The number of benzene rings is 1. The SMILES string of the molecule is CC1(C)CC1NCc1cc(F)ccc1F. The Morgan fingerprint density at radius 2 is 2.07 bits per heavy atom. The lowest BCUT2D eigenvalue weighted by Crippen LogP contribution is -2.20. The molecular formula is C12H15F2N. The molecule has 1 nitrogen and oxygen atoms in total. The third kappa shape index (κ3) is 2.34. The van der Waals surface area contributed by atoms with Gasteiger partial charge < -0.3 is 5.32 Å². The van der Waals surface area contributed by atoms with Crippen LogP contribution in [0.25, 0.3) is 0 Å². The van der Waals surface area contributed by atoms with Crippen LogP contribution >= 0.6 is 0 Å². The Bertz CT molecular complexity index is 374. The molecule has 0 amide bonds. The minimum atomic E-state index is -0.386. The van der Waals surface area contributed by atoms with E-state index in [9.17, 15) is 8.78 Å². The predicted octanol–water partition coefficient (Wildman–Crippen LogP) is 2.85. The van der Waals surface area contributed by atoms with Gasteiger partial charge in [-0.25, -0.2) is 8.78 Å². The number of hydrogen-bond acceptors (Lipinski definition) is 1. The Balaban J connectivity index is 1.96. The molecule has 1 aromatic carbocycles. The van der Waals surface area contributed by atoms with Crippen molar-refractivity contribution in [1.29, 1.82) is 0 Å². The zero-order chi connectivity index (χ0) is 11.1. The number of rotatable bonds is 3. The van der Waals surface area contributed by atoms with Crippen LogP contribution in [0.15, 0.2) is 18.2 Å². The summed E-state index contributed by atoms with van der Waals surface area (Å²) in [5, 5.41) is 3.22. The molecule has 1 unspecified atom stereocenters. The van der Waals surface area contributed by atoms with Crippen molar-refractivity contribution < 1.29 is 8.78 Å². The molecule has 0 aliphatic heterocycles. The zero-order valence-electron chi connectivity index (χ0n) is 8.98. The largest absolute Gasteiger partial charge is 0.309 e. The van der Waals surface area contributed by atoms with Crippen LogP contribution in [-0.2, 0) is 6.54 Å². The lowest BCUT2D eigenvalue weighted by Gasteiger charge is -2.07. The van der Waals surface area contributed by atoms with Crippen LogP contribution in [0, 0.1) is 17.0 Å². The zero-order valence-corrected chi connectivity index (χ0v) is 8.98. The maximum atomic E-state index is 13.2. The Hall–Kier alpha value is -0.960. The highest BCUT2D eigenvalue weighted by Gasteiger charge is 2.45. The first kappa shape index (κ1) is 10.6. The number of hydrogen-bond donors (Lipinski definition) is 1. The average molecular weight is 211 g/mol. The summed E-state index contributed by atoms with van der Waals surface area (Å²) < 4.78 is 26.1. The number of halogens is 2. The molecule has 3 heteroatoms. The summed E-state index contributed by atoms with van der Waals surface area (Å²) in [5.74, 6) is -0.731. The van der Waals surface area contributed by atoms with Gasteiger partial charge in [0.05, 0.1) is 0 Å². The summed E-state index contributed by atoms with van der Waals surface area (Å²) in [5.41, 5.74) is 0.710. The molecule has 1 aromatic rings. The molecule has 1 atom stereocenters. The van der Waals surface area contributed by atoms with Gasteiger partial charge in [0.25, 0.3) is 0 Å². The quantitative estimate of drug-likeness (QED) is 0.810. The van der Waals surface area contributed by atoms with Crippen LogP contribution in [-0.4, -0.2) is 6.04 Å². The van der Waals surface area contributed by atoms with Crippen LogP contribution in [0.3, 0.4) is 0 Å². The van der Waals surface area contributed by atoms with Crippen molar-refractivity contribution in [2.75, 3.05) is 0 Å². The van der Waals surface area contributed by atoms with Gasteiger partial charge in [0.2, 0.25) is 0 Å². The molecule has 1 aliphatic carbocycles. The average Bonchev–Trinajstić information content (AvgIpc) is 2.76. The fourth-order valence-corrected chi connectivity index (χ4v) is 1.73. The van der Waals surface area contributed by atoms with Gasteiger partial charge in [-0.3, -0.25) is 0 Å². The van der Waals surface area contributed by atoms with E-state index < -0.39 is 0 Å². The van der Waals surface area contributed by atoms with E-state index in [1.165, 1.54) is 12.1 Å². The van der Waals surface area contributed by atoms with E-state index >= 15 is 0 Å². The van der Waals surface area contributed by atoms with E-state index in [-0.39, 0.29) is 11.6 Å². The highest BCUT2D eigenvalue weighted by Crippen LogP contribution is 2.44. The van der Waals surface area contributed by atoms with E-state index in [4.69, 9.17) is 0 Å². The van der Waals surface area contributed by atoms with Crippen molar-refractivity contribution in [2.45, 2.75) is 32.9 Å². The van der Waals surface area contributed by atoms with Gasteiger partial charge in [0.15, 0.2) is 0 Å². The first-order valence-corrected chi connectivity index (χ1v) is 5.16. The van der Waals surface area contributed by atoms with Gasteiger partial charge in [0.1, 0.15) is 11.6 Å². The monoisotopic (exact) mass is 211 g/mol. The molecule has 15 heavy (non-hydrogen) atoms. The predicted molar refractivity (Wildman–Crippen MR) is 55.4 cm³/mol. The molecule has 0 saturated heterocycles. The van der Waals surface area contributed by atoms with Crippen molar-refractivity contribution in [1.82, 2.24) is 5.32 Å². The molecule has 0 bridgehead atoms. The molecule has 0 aromatic heterocycles. The second-order valence-electron chi connectivity index (χ2n) is 4.86. The van der Waals surface area contributed by atoms with E-state index in [2.05, 4.69) is 19.2 Å². The molecule has 82 valence electrons. The smallest absolute Gasteiger partial charge is 0.127 e. The Kier molecular flexibility index (Phi) is 2.51. The fourth-order valence-electron chi connectivity index (χ4n) is 1.73. The second kappa shape index (κ2) is 3.56. The molecule has 0 spiro atoms. The van der Waals surface area contributed by atoms with Crippen LogP contribution in [0.1, 0.15) is 25.8 Å². The molecule has 1 saturated carbocycles. The highest BCUT2D eigenvalue weighted by atomic mass is 19.1. The maximum absolute atomic E-state index is 13.2. The molecule has 1 aliphatic rings. The lowest BCUT2D eigenvalue weighted by atomic mass is 10.1. The standard InChI is InChI=1S/C12H15F2N/c1-12(2)6-11(12)15-7-8-5-9(13)3-4-10(8)14/h3-5,11,15H,6-7H2,1-2H3. The van der Waals surface area contributed by atoms with Gasteiger partial charge in [-0.15, -0.1) is 0 Å². The lowest BCUT2D eigenvalue weighted by molar-refractivity contribution is 0.524. The summed E-state index contributed by atoms with van der Waals surface area (Å²) in [6.45, 7) is 4.72. The van der Waals surface area contributed by atoms with Crippen LogP contribution in [0.2, 0.25) is 0 Å². The molecule has 0 radical (unpaired) electrons. The van der Waals surface area contributed by atoms with Gasteiger partial charge in [-0.1, -0.05) is 13.8 Å². The molecular weight excluding hydrogens is 196 g/mol. The van der Waals surface area contributed by atoms with E-state index in [0.29, 0.717) is 23.6 Å². The van der Waals surface area contributed by atoms with E-state index in [1.807, 2.05) is 0 Å². The minimum absolute atomic E-state index is 0.309. The van der Waals surface area contributed by atoms with Crippen molar-refractivity contribution in [3.8, 4) is 0 Å². The molecule has 0 heterocycles. The van der Waals surface area contributed by atoms with Gasteiger partial charge in [0, 0.05) is 18.2 Å². The Morgan fingerprint density at radius 3 is 2.67 bits per heavy atom.